The zero-order valence-corrected chi connectivity index (χ0v) is 11.6. The Kier molecular flexibility index (Phi) is 4.28. The van der Waals surface area contributed by atoms with Crippen molar-refractivity contribution in [2.45, 2.75) is 31.9 Å². The smallest absolute Gasteiger partial charge is 0.296 e. The van der Waals surface area contributed by atoms with E-state index >= 15 is 0 Å². The monoisotopic (exact) mass is 285 g/mol. The molecule has 2 atom stereocenters. The van der Waals surface area contributed by atoms with Crippen LogP contribution in [0.3, 0.4) is 0 Å². The van der Waals surface area contributed by atoms with Crippen LogP contribution >= 0.6 is 0 Å². The number of hydrogen-bond acceptors (Lipinski definition) is 4. The molecular formula is C12H19N3O3S. The zero-order valence-electron chi connectivity index (χ0n) is 10.8. The summed E-state index contributed by atoms with van der Waals surface area (Å²) in [5, 5.41) is 8.33. The molecule has 1 fully saturated rings. The molecule has 2 unspecified atom stereocenters. The summed E-state index contributed by atoms with van der Waals surface area (Å²) in [6, 6.07) is 7.40. The van der Waals surface area contributed by atoms with Crippen molar-refractivity contribution >= 4 is 21.6 Å². The molecule has 19 heavy (non-hydrogen) atoms. The number of nitrogens with one attached hydrogen (secondary N) is 2. The van der Waals surface area contributed by atoms with Crippen LogP contribution in [0, 0.1) is 0 Å². The molecule has 1 heterocycles. The largest absolute Gasteiger partial charge is 0.382 e. The fourth-order valence-electron chi connectivity index (χ4n) is 2.20. The van der Waals surface area contributed by atoms with E-state index in [4.69, 9.17) is 9.88 Å². The van der Waals surface area contributed by atoms with Crippen LogP contribution in [0.2, 0.25) is 0 Å². The van der Waals surface area contributed by atoms with Gasteiger partial charge in [-0.25, -0.2) is 5.14 Å². The van der Waals surface area contributed by atoms with Gasteiger partial charge < -0.3 is 10.1 Å². The first-order valence-electron chi connectivity index (χ1n) is 6.21. The third-order valence-corrected chi connectivity index (χ3v) is 3.50. The van der Waals surface area contributed by atoms with E-state index in [1.54, 1.807) is 18.2 Å². The lowest BCUT2D eigenvalue weighted by Gasteiger charge is -2.28. The van der Waals surface area contributed by atoms with E-state index in [9.17, 15) is 8.42 Å². The fourth-order valence-corrected chi connectivity index (χ4v) is 2.66. The van der Waals surface area contributed by atoms with Crippen molar-refractivity contribution in [3.05, 3.63) is 24.3 Å². The molecule has 0 bridgehead atoms. The fraction of sp³-hybridized carbons (Fsp3) is 0.500. The zero-order chi connectivity index (χ0) is 13.9. The predicted octanol–water partition coefficient (Wildman–Crippen LogP) is 1.28. The van der Waals surface area contributed by atoms with Gasteiger partial charge in [-0.15, -0.1) is 0 Å². The molecule has 1 aromatic carbocycles. The highest BCUT2D eigenvalue weighted by Gasteiger charge is 2.19. The second kappa shape index (κ2) is 5.77. The van der Waals surface area contributed by atoms with Crippen LogP contribution in [0.25, 0.3) is 0 Å². The van der Waals surface area contributed by atoms with Crippen LogP contribution in [0.15, 0.2) is 24.3 Å². The van der Waals surface area contributed by atoms with Gasteiger partial charge in [-0.1, -0.05) is 6.07 Å². The molecule has 7 heteroatoms. The average molecular weight is 285 g/mol. The SMILES string of the molecule is CC1CC(Nc2cccc(NS(N)(=O)=O)c2)CCO1. The molecule has 0 aromatic heterocycles. The lowest BCUT2D eigenvalue weighted by Crippen LogP contribution is -2.32. The molecular weight excluding hydrogens is 266 g/mol. The Morgan fingerprint density at radius 1 is 1.37 bits per heavy atom. The quantitative estimate of drug-likeness (QED) is 0.777. The third-order valence-electron chi connectivity index (χ3n) is 2.98. The standard InChI is InChI=1S/C12H19N3O3S/c1-9-7-11(5-6-18-9)14-10-3-2-4-12(8-10)15-19(13,16)17/h2-4,8-9,11,14-15H,5-7H2,1H3,(H2,13,16,17). The Morgan fingerprint density at radius 2 is 2.11 bits per heavy atom. The Hall–Kier alpha value is -1.31. The van der Waals surface area contributed by atoms with E-state index in [1.165, 1.54) is 0 Å². The number of nitrogens with two attached hydrogens (primary N) is 1. The van der Waals surface area contributed by atoms with Gasteiger partial charge in [-0.05, 0) is 38.0 Å². The van der Waals surface area contributed by atoms with Gasteiger partial charge >= 0.3 is 0 Å². The van der Waals surface area contributed by atoms with Crippen LogP contribution < -0.4 is 15.2 Å². The molecule has 1 saturated heterocycles. The molecule has 106 valence electrons. The van der Waals surface area contributed by atoms with Crippen molar-refractivity contribution in [1.29, 1.82) is 0 Å². The van der Waals surface area contributed by atoms with Crippen LogP contribution in [0.1, 0.15) is 19.8 Å². The number of benzene rings is 1. The first-order valence-corrected chi connectivity index (χ1v) is 7.76. The minimum atomic E-state index is -3.73. The number of rotatable bonds is 4. The summed E-state index contributed by atoms with van der Waals surface area (Å²) in [5.74, 6) is 0. The topological polar surface area (TPSA) is 93.5 Å². The Morgan fingerprint density at radius 3 is 2.79 bits per heavy atom. The first-order chi connectivity index (χ1) is 8.92. The molecule has 2 rings (SSSR count). The van der Waals surface area contributed by atoms with Gasteiger partial charge in [0.1, 0.15) is 0 Å². The van der Waals surface area contributed by atoms with Crippen LogP contribution in [-0.2, 0) is 14.9 Å². The summed E-state index contributed by atoms with van der Waals surface area (Å²) >= 11 is 0. The van der Waals surface area contributed by atoms with Crippen LogP contribution in [0.4, 0.5) is 11.4 Å². The summed E-state index contributed by atoms with van der Waals surface area (Å²) in [5.41, 5.74) is 1.32. The Balaban J connectivity index is 2.02. The molecule has 6 nitrogen and oxygen atoms in total. The van der Waals surface area contributed by atoms with E-state index in [2.05, 4.69) is 10.0 Å². The van der Waals surface area contributed by atoms with Crippen molar-refractivity contribution in [1.82, 2.24) is 0 Å². The van der Waals surface area contributed by atoms with Gasteiger partial charge in [-0.2, -0.15) is 8.42 Å². The second-order valence-electron chi connectivity index (χ2n) is 4.77. The van der Waals surface area contributed by atoms with E-state index in [0.717, 1.165) is 25.1 Å². The van der Waals surface area contributed by atoms with Gasteiger partial charge in [-0.3, -0.25) is 4.72 Å². The molecule has 0 spiro atoms. The van der Waals surface area contributed by atoms with Crippen molar-refractivity contribution in [2.24, 2.45) is 5.14 Å². The van der Waals surface area contributed by atoms with Gasteiger partial charge in [0.15, 0.2) is 0 Å². The van der Waals surface area contributed by atoms with Gasteiger partial charge in [0.2, 0.25) is 0 Å². The summed E-state index contributed by atoms with van der Waals surface area (Å²) in [4.78, 5) is 0. The Bertz CT molecular complexity index is 533. The molecule has 0 saturated carbocycles. The van der Waals surface area contributed by atoms with E-state index in [-0.39, 0.29) is 6.10 Å². The molecule has 1 aromatic rings. The van der Waals surface area contributed by atoms with Gasteiger partial charge in [0.05, 0.1) is 11.8 Å². The van der Waals surface area contributed by atoms with Gasteiger partial charge in [0, 0.05) is 18.3 Å². The maximum Gasteiger partial charge on any atom is 0.296 e. The molecule has 1 aliphatic heterocycles. The summed E-state index contributed by atoms with van der Waals surface area (Å²) in [6.45, 7) is 2.79. The molecule has 1 aliphatic rings. The third kappa shape index (κ3) is 4.70. The highest BCUT2D eigenvalue weighted by molar-refractivity contribution is 7.90. The van der Waals surface area contributed by atoms with Crippen LogP contribution in [-0.4, -0.2) is 27.2 Å². The maximum atomic E-state index is 11.0. The molecule has 4 N–H and O–H groups in total. The molecule has 0 aliphatic carbocycles. The van der Waals surface area contributed by atoms with Crippen molar-refractivity contribution in [3.63, 3.8) is 0 Å². The number of ether oxygens (including phenoxy) is 1. The highest BCUT2D eigenvalue weighted by Crippen LogP contribution is 2.21. The summed E-state index contributed by atoms with van der Waals surface area (Å²) < 4.78 is 29.7. The number of anilines is 2. The number of hydrogen-bond donors (Lipinski definition) is 3. The highest BCUT2D eigenvalue weighted by atomic mass is 32.2. The average Bonchev–Trinajstić information content (AvgIpc) is 2.27. The maximum absolute atomic E-state index is 11.0. The van der Waals surface area contributed by atoms with E-state index < -0.39 is 10.2 Å². The van der Waals surface area contributed by atoms with E-state index in [1.807, 2.05) is 13.0 Å². The first kappa shape index (κ1) is 14.1. The molecule has 0 amide bonds. The second-order valence-corrected chi connectivity index (χ2v) is 6.07. The minimum absolute atomic E-state index is 0.247. The van der Waals surface area contributed by atoms with E-state index in [0.29, 0.717) is 11.7 Å². The van der Waals surface area contributed by atoms with Crippen molar-refractivity contribution in [2.75, 3.05) is 16.6 Å². The Labute approximate surface area is 113 Å². The lowest BCUT2D eigenvalue weighted by atomic mass is 10.0. The minimum Gasteiger partial charge on any atom is -0.382 e. The normalized spacial score (nSPS) is 23.9. The summed E-state index contributed by atoms with van der Waals surface area (Å²) in [7, 11) is -3.73. The van der Waals surface area contributed by atoms with Crippen molar-refractivity contribution in [3.8, 4) is 0 Å². The molecule has 0 radical (unpaired) electrons. The van der Waals surface area contributed by atoms with Crippen molar-refractivity contribution < 1.29 is 13.2 Å². The predicted molar refractivity (Wildman–Crippen MR) is 75.2 cm³/mol. The van der Waals surface area contributed by atoms with Gasteiger partial charge in [0.25, 0.3) is 10.2 Å². The summed E-state index contributed by atoms with van der Waals surface area (Å²) in [6.07, 6.45) is 2.13. The lowest BCUT2D eigenvalue weighted by molar-refractivity contribution is 0.0232. The van der Waals surface area contributed by atoms with Crippen LogP contribution in [0.5, 0.6) is 0 Å².